The highest BCUT2D eigenvalue weighted by Crippen LogP contribution is 2.29. The van der Waals surface area contributed by atoms with Crippen LogP contribution in [0.15, 0.2) is 4.47 Å². The van der Waals surface area contributed by atoms with Crippen LogP contribution in [0.5, 0.6) is 0 Å². The second kappa shape index (κ2) is 6.73. The first-order valence-corrected chi connectivity index (χ1v) is 8.14. The Hall–Kier alpha value is -0.330. The van der Waals surface area contributed by atoms with E-state index in [-0.39, 0.29) is 6.10 Å². The highest BCUT2D eigenvalue weighted by molar-refractivity contribution is 9.10. The minimum Gasteiger partial charge on any atom is -0.372 e. The van der Waals surface area contributed by atoms with E-state index >= 15 is 0 Å². The molecule has 1 aromatic rings. The lowest BCUT2D eigenvalue weighted by Crippen LogP contribution is -2.19. The number of aryl methyl sites for hydroxylation is 1. The van der Waals surface area contributed by atoms with Crippen molar-refractivity contribution in [2.75, 3.05) is 30.5 Å². The molecule has 0 radical (unpaired) electrons. The second-order valence-corrected chi connectivity index (χ2v) is 6.07. The molecule has 4 nitrogen and oxygen atoms in total. The number of anilines is 1. The van der Waals surface area contributed by atoms with Crippen molar-refractivity contribution >= 4 is 33.5 Å². The maximum absolute atomic E-state index is 5.75. The number of hydrogen-bond acceptors (Lipinski definition) is 5. The highest BCUT2D eigenvalue weighted by atomic mass is 79.9. The highest BCUT2D eigenvalue weighted by Gasteiger charge is 2.22. The van der Waals surface area contributed by atoms with Crippen LogP contribution < -0.4 is 5.32 Å². The van der Waals surface area contributed by atoms with Crippen molar-refractivity contribution in [3.8, 4) is 0 Å². The van der Waals surface area contributed by atoms with Crippen LogP contribution in [0.1, 0.15) is 31.0 Å². The third-order valence-electron chi connectivity index (χ3n) is 2.76. The first-order valence-electron chi connectivity index (χ1n) is 6.19. The largest absolute Gasteiger partial charge is 0.372 e. The summed E-state index contributed by atoms with van der Waals surface area (Å²) in [6.07, 6.45) is 2.04. The lowest BCUT2D eigenvalue weighted by Gasteiger charge is -2.22. The Morgan fingerprint density at radius 3 is 2.94 bits per heavy atom. The molecule has 1 aliphatic rings. The van der Waals surface area contributed by atoms with E-state index in [9.17, 15) is 0 Å². The van der Waals surface area contributed by atoms with Crippen molar-refractivity contribution in [3.63, 3.8) is 0 Å². The summed E-state index contributed by atoms with van der Waals surface area (Å²) in [7, 11) is 1.88. The van der Waals surface area contributed by atoms with Gasteiger partial charge >= 0.3 is 0 Å². The van der Waals surface area contributed by atoms with Gasteiger partial charge in [-0.25, -0.2) is 9.97 Å². The van der Waals surface area contributed by atoms with Crippen molar-refractivity contribution in [2.45, 2.75) is 25.9 Å². The Balaban J connectivity index is 2.31. The normalized spacial score (nSPS) is 19.8. The van der Waals surface area contributed by atoms with Crippen molar-refractivity contribution < 1.29 is 4.74 Å². The molecule has 1 atom stereocenters. The smallest absolute Gasteiger partial charge is 0.160 e. The third kappa shape index (κ3) is 3.16. The fourth-order valence-electron chi connectivity index (χ4n) is 1.86. The summed E-state index contributed by atoms with van der Waals surface area (Å²) in [5.74, 6) is 3.66. The van der Waals surface area contributed by atoms with Crippen molar-refractivity contribution in [3.05, 3.63) is 16.0 Å². The van der Waals surface area contributed by atoms with Gasteiger partial charge in [-0.1, -0.05) is 13.3 Å². The fraction of sp³-hybridized carbons (Fsp3) is 0.667. The van der Waals surface area contributed by atoms with Gasteiger partial charge in [0.15, 0.2) is 5.82 Å². The molecule has 1 fully saturated rings. The molecule has 1 unspecified atom stereocenters. The zero-order valence-electron chi connectivity index (χ0n) is 10.7. The average Bonchev–Trinajstić information content (AvgIpc) is 2.42. The van der Waals surface area contributed by atoms with Gasteiger partial charge in [-0.05, 0) is 22.4 Å². The number of rotatable bonds is 4. The first-order chi connectivity index (χ1) is 8.76. The predicted molar refractivity (Wildman–Crippen MR) is 79.3 cm³/mol. The first kappa shape index (κ1) is 14.1. The molecule has 100 valence electrons. The van der Waals surface area contributed by atoms with E-state index in [4.69, 9.17) is 4.74 Å². The van der Waals surface area contributed by atoms with Gasteiger partial charge in [0, 0.05) is 18.6 Å². The Morgan fingerprint density at radius 1 is 1.50 bits per heavy atom. The Labute approximate surface area is 120 Å². The van der Waals surface area contributed by atoms with E-state index in [1.54, 1.807) is 0 Å². The van der Waals surface area contributed by atoms with E-state index in [2.05, 4.69) is 38.1 Å². The molecular weight excluding hydrogens is 314 g/mol. The lowest BCUT2D eigenvalue weighted by atomic mass is 10.2. The zero-order chi connectivity index (χ0) is 13.0. The summed E-state index contributed by atoms with van der Waals surface area (Å²) in [6.45, 7) is 2.94. The van der Waals surface area contributed by atoms with Crippen LogP contribution in [0.3, 0.4) is 0 Å². The molecule has 2 rings (SSSR count). The molecule has 0 amide bonds. The van der Waals surface area contributed by atoms with Crippen molar-refractivity contribution in [1.82, 2.24) is 9.97 Å². The van der Waals surface area contributed by atoms with E-state index < -0.39 is 0 Å². The van der Waals surface area contributed by atoms with Crippen LogP contribution in [0, 0.1) is 0 Å². The number of nitrogens with one attached hydrogen (secondary N) is 1. The van der Waals surface area contributed by atoms with Gasteiger partial charge in [0.2, 0.25) is 0 Å². The van der Waals surface area contributed by atoms with Crippen LogP contribution >= 0.6 is 27.7 Å². The Morgan fingerprint density at radius 2 is 2.33 bits per heavy atom. The molecule has 1 saturated heterocycles. The topological polar surface area (TPSA) is 47.0 Å². The molecule has 0 aliphatic carbocycles. The summed E-state index contributed by atoms with van der Waals surface area (Å²) >= 11 is 5.46. The Bertz CT molecular complexity index is 411. The minimum atomic E-state index is 0.0274. The van der Waals surface area contributed by atoms with Gasteiger partial charge in [-0.15, -0.1) is 0 Å². The average molecular weight is 332 g/mol. The molecule has 1 aromatic heterocycles. The number of thioether (sulfide) groups is 1. The summed E-state index contributed by atoms with van der Waals surface area (Å²) in [5, 5.41) is 3.11. The fourth-order valence-corrected chi connectivity index (χ4v) is 3.28. The van der Waals surface area contributed by atoms with Crippen LogP contribution in [-0.2, 0) is 11.2 Å². The standard InChI is InChI=1S/C12H18BrN3OS/c1-3-4-8-10(13)12(14-2)16-11(15-8)9-7-18-6-5-17-9/h9H,3-7H2,1-2H3,(H,14,15,16). The SMILES string of the molecule is CCCc1nc(C2CSCCO2)nc(NC)c1Br. The molecule has 1 N–H and O–H groups in total. The predicted octanol–water partition coefficient (Wildman–Crippen LogP) is 3.04. The van der Waals surface area contributed by atoms with E-state index in [0.29, 0.717) is 0 Å². The van der Waals surface area contributed by atoms with Crippen molar-refractivity contribution in [1.29, 1.82) is 0 Å². The van der Waals surface area contributed by atoms with E-state index in [1.807, 2.05) is 18.8 Å². The molecular formula is C12H18BrN3OS. The molecule has 6 heteroatoms. The zero-order valence-corrected chi connectivity index (χ0v) is 13.1. The molecule has 1 aliphatic heterocycles. The van der Waals surface area contributed by atoms with E-state index in [0.717, 1.165) is 52.8 Å². The van der Waals surface area contributed by atoms with E-state index in [1.165, 1.54) is 0 Å². The van der Waals surface area contributed by atoms with Crippen LogP contribution in [0.25, 0.3) is 0 Å². The number of ether oxygens (including phenoxy) is 1. The monoisotopic (exact) mass is 331 g/mol. The number of hydrogen-bond donors (Lipinski definition) is 1. The minimum absolute atomic E-state index is 0.0274. The van der Waals surface area contributed by atoms with Gasteiger partial charge in [-0.2, -0.15) is 11.8 Å². The molecule has 0 aromatic carbocycles. The molecule has 18 heavy (non-hydrogen) atoms. The van der Waals surface area contributed by atoms with Gasteiger partial charge in [0.25, 0.3) is 0 Å². The van der Waals surface area contributed by atoms with Crippen molar-refractivity contribution in [2.24, 2.45) is 0 Å². The summed E-state index contributed by atoms with van der Waals surface area (Å²) < 4.78 is 6.72. The number of halogens is 1. The Kier molecular flexibility index (Phi) is 5.26. The van der Waals surface area contributed by atoms with Gasteiger partial charge < -0.3 is 10.1 Å². The number of aromatic nitrogens is 2. The number of nitrogens with zero attached hydrogens (tertiary/aromatic N) is 2. The van der Waals surface area contributed by atoms with Crippen LogP contribution in [-0.4, -0.2) is 35.1 Å². The maximum atomic E-state index is 5.75. The molecule has 0 bridgehead atoms. The quantitative estimate of drug-likeness (QED) is 0.918. The molecule has 0 spiro atoms. The third-order valence-corrected chi connectivity index (χ3v) is 4.59. The lowest BCUT2D eigenvalue weighted by molar-refractivity contribution is 0.0693. The summed E-state index contributed by atoms with van der Waals surface area (Å²) in [5.41, 5.74) is 1.06. The summed E-state index contributed by atoms with van der Waals surface area (Å²) in [4.78, 5) is 9.21. The molecule has 0 saturated carbocycles. The molecule has 2 heterocycles. The van der Waals surface area contributed by atoms with Gasteiger partial charge in [-0.3, -0.25) is 0 Å². The maximum Gasteiger partial charge on any atom is 0.160 e. The summed E-state index contributed by atoms with van der Waals surface area (Å²) in [6, 6.07) is 0. The second-order valence-electron chi connectivity index (χ2n) is 4.13. The van der Waals surface area contributed by atoms with Crippen LogP contribution in [0.2, 0.25) is 0 Å². The van der Waals surface area contributed by atoms with Gasteiger partial charge in [0.1, 0.15) is 11.9 Å². The van der Waals surface area contributed by atoms with Crippen LogP contribution in [0.4, 0.5) is 5.82 Å². The van der Waals surface area contributed by atoms with Gasteiger partial charge in [0.05, 0.1) is 16.8 Å².